The first-order chi connectivity index (χ1) is 30.2. The normalized spacial score (nSPS) is 26.0. The third kappa shape index (κ3) is 12.6. The molecule has 2 aliphatic heterocycles. The van der Waals surface area contributed by atoms with E-state index >= 15 is 0 Å². The van der Waals surface area contributed by atoms with Gasteiger partial charge in [0.05, 0.1) is 26.1 Å². The van der Waals surface area contributed by atoms with E-state index in [0.717, 1.165) is 65.5 Å². The van der Waals surface area contributed by atoms with Gasteiger partial charge in [0.1, 0.15) is 60.3 Å². The van der Waals surface area contributed by atoms with Gasteiger partial charge in [-0.05, 0) is 94.5 Å². The summed E-state index contributed by atoms with van der Waals surface area (Å²) in [6, 6.07) is 25.2. The van der Waals surface area contributed by atoms with Gasteiger partial charge in [-0.1, -0.05) is 79.9 Å². The summed E-state index contributed by atoms with van der Waals surface area (Å²) in [7, 11) is 0. The van der Waals surface area contributed by atoms with Gasteiger partial charge in [0.25, 0.3) is 0 Å². The number of aryl methyl sites for hydroxylation is 2. The number of rotatable bonds is 20. The number of carboxylic acids is 2. The first-order valence-electron chi connectivity index (χ1n) is 21.1. The molecule has 0 aliphatic carbocycles. The topological polar surface area (TPSA) is 273 Å². The fourth-order valence-corrected chi connectivity index (χ4v) is 7.94. The Balaban J connectivity index is 1.12. The zero-order valence-electron chi connectivity index (χ0n) is 34.6. The second-order valence-electron chi connectivity index (χ2n) is 16.2. The molecule has 0 unspecified atom stereocenters. The molecule has 0 aromatic heterocycles. The van der Waals surface area contributed by atoms with E-state index in [2.05, 4.69) is 0 Å². The minimum absolute atomic E-state index is 0.160. The van der Waals surface area contributed by atoms with Crippen LogP contribution in [0.2, 0.25) is 0 Å². The van der Waals surface area contributed by atoms with Crippen molar-refractivity contribution in [1.29, 1.82) is 0 Å². The van der Waals surface area contributed by atoms with E-state index < -0.39 is 86.6 Å². The van der Waals surface area contributed by atoms with Crippen LogP contribution in [0.3, 0.4) is 0 Å². The van der Waals surface area contributed by atoms with Gasteiger partial charge >= 0.3 is 11.9 Å². The molecule has 0 amide bonds. The van der Waals surface area contributed by atoms with Crippen LogP contribution in [0.5, 0.6) is 11.5 Å². The molecule has 2 aliphatic rings. The monoisotopic (exact) mass is 876 g/mol. The van der Waals surface area contributed by atoms with Crippen LogP contribution in [0.4, 0.5) is 0 Å². The predicted octanol–water partition coefficient (Wildman–Crippen LogP) is 2.37. The number of unbranched alkanes of at least 4 members (excludes halogenated alkanes) is 4. The van der Waals surface area contributed by atoms with E-state index in [4.69, 9.17) is 18.9 Å². The maximum absolute atomic E-state index is 11.4. The van der Waals surface area contributed by atoms with E-state index in [1.807, 2.05) is 24.3 Å². The second-order valence-corrected chi connectivity index (χ2v) is 16.2. The van der Waals surface area contributed by atoms with Gasteiger partial charge in [-0.2, -0.15) is 0 Å². The van der Waals surface area contributed by atoms with E-state index in [1.165, 1.54) is 0 Å². The molecule has 16 nitrogen and oxygen atoms in total. The Hall–Kier alpha value is -4.98. The maximum atomic E-state index is 11.4. The SMILES string of the molecule is O=C(O)Cc1cccc(-c2cc(CCCCCCCc3cc(O[C@@H]4O[C@@H](CO)[C@H](O)[C@@H](O)[C@H]4O)cc(-c4cccc(CC(=O)O)c4)c3)cc(O[C@H]3O[C@H](CO)[C@@H](O)[C@H](O)[C@@H]3O)c2)c1. The Morgan fingerprint density at radius 3 is 1.22 bits per heavy atom. The highest BCUT2D eigenvalue weighted by Gasteiger charge is 2.46. The Bertz CT molecular complexity index is 1990. The summed E-state index contributed by atoms with van der Waals surface area (Å²) in [5.41, 5.74) is 5.95. The number of ether oxygens (including phenoxy) is 4. The Kier molecular flexibility index (Phi) is 16.6. The standard InChI is InChI=1S/C47H56O16/c48-24-36-40(54)42(56)44(58)46(62-36)60-34-18-26(16-32(22-34)30-12-6-10-28(14-30)20-38(50)51)8-4-2-1-3-5-9-27-17-33(31-13-7-11-29(15-31)21-39(52)53)23-35(19-27)61-47-45(59)43(57)41(55)37(25-49)63-47/h6-7,10-19,22-23,36-37,40-49,54-59H,1-5,8-9,20-21,24-25H2,(H,50,51)(H,52,53)/t36-,37+,40-,41+,42+,43-,44+,45-,46+,47-. The first kappa shape index (κ1) is 47.5. The molecule has 4 aromatic carbocycles. The lowest BCUT2D eigenvalue weighted by atomic mass is 9.96. The highest BCUT2D eigenvalue weighted by atomic mass is 16.7. The average molecular weight is 877 g/mol. The Morgan fingerprint density at radius 1 is 0.460 bits per heavy atom. The van der Waals surface area contributed by atoms with Crippen molar-refractivity contribution >= 4 is 11.9 Å². The fraction of sp³-hybridized carbons (Fsp3) is 0.447. The van der Waals surface area contributed by atoms with E-state index in [9.17, 15) is 60.7 Å². The molecular formula is C47H56O16. The average Bonchev–Trinajstić information content (AvgIpc) is 3.26. The summed E-state index contributed by atoms with van der Waals surface area (Å²) in [5.74, 6) is -1.32. The van der Waals surface area contributed by atoms with Crippen LogP contribution < -0.4 is 9.47 Å². The van der Waals surface area contributed by atoms with Crippen LogP contribution in [0.1, 0.15) is 54.4 Å². The predicted molar refractivity (Wildman–Crippen MR) is 226 cm³/mol. The summed E-state index contributed by atoms with van der Waals surface area (Å²) in [5, 5.41) is 100. The second kappa shape index (κ2) is 22.1. The van der Waals surface area contributed by atoms with Gasteiger partial charge in [-0.3, -0.25) is 9.59 Å². The third-order valence-corrected chi connectivity index (χ3v) is 11.3. The number of carbonyl (C=O) groups is 2. The highest BCUT2D eigenvalue weighted by molar-refractivity contribution is 5.74. The van der Waals surface area contributed by atoms with Crippen LogP contribution in [-0.4, -0.2) is 138 Å². The molecule has 0 spiro atoms. The fourth-order valence-electron chi connectivity index (χ4n) is 7.94. The number of hydrogen-bond acceptors (Lipinski definition) is 14. The van der Waals surface area contributed by atoms with Crippen molar-refractivity contribution in [3.05, 3.63) is 107 Å². The van der Waals surface area contributed by atoms with Crippen molar-refractivity contribution < 1.29 is 79.6 Å². The van der Waals surface area contributed by atoms with Gasteiger partial charge in [0.2, 0.25) is 12.6 Å². The minimum Gasteiger partial charge on any atom is -0.481 e. The molecule has 340 valence electrons. The Morgan fingerprint density at radius 2 is 0.841 bits per heavy atom. The van der Waals surface area contributed by atoms with Crippen molar-refractivity contribution in [2.75, 3.05) is 13.2 Å². The molecule has 0 radical (unpaired) electrons. The van der Waals surface area contributed by atoms with Gasteiger partial charge in [-0.15, -0.1) is 0 Å². The van der Waals surface area contributed by atoms with E-state index in [1.54, 1.807) is 60.7 Å². The van der Waals surface area contributed by atoms with Crippen LogP contribution in [0.15, 0.2) is 84.9 Å². The lowest BCUT2D eigenvalue weighted by Crippen LogP contribution is -2.60. The van der Waals surface area contributed by atoms with E-state index in [0.29, 0.717) is 35.5 Å². The minimum atomic E-state index is -1.62. The smallest absolute Gasteiger partial charge is 0.307 e. The van der Waals surface area contributed by atoms with Gasteiger partial charge in [0.15, 0.2) is 0 Å². The van der Waals surface area contributed by atoms with Crippen LogP contribution in [0, 0.1) is 0 Å². The molecule has 2 heterocycles. The van der Waals surface area contributed by atoms with Crippen molar-refractivity contribution in [2.24, 2.45) is 0 Å². The summed E-state index contributed by atoms with van der Waals surface area (Å²) in [6.45, 7) is -1.21. The number of aliphatic hydroxyl groups is 8. The molecule has 6 rings (SSSR count). The molecule has 0 bridgehead atoms. The molecule has 63 heavy (non-hydrogen) atoms. The quantitative estimate of drug-likeness (QED) is 0.0571. The van der Waals surface area contributed by atoms with Crippen molar-refractivity contribution in [2.45, 2.75) is 119 Å². The lowest BCUT2D eigenvalue weighted by molar-refractivity contribution is -0.277. The van der Waals surface area contributed by atoms with Crippen molar-refractivity contribution in [3.63, 3.8) is 0 Å². The Labute approximate surface area is 364 Å². The van der Waals surface area contributed by atoms with Crippen molar-refractivity contribution in [3.8, 4) is 33.8 Å². The maximum Gasteiger partial charge on any atom is 0.307 e. The summed E-state index contributed by atoms with van der Waals surface area (Å²) in [4.78, 5) is 22.9. The molecular weight excluding hydrogens is 821 g/mol. The summed E-state index contributed by atoms with van der Waals surface area (Å²) >= 11 is 0. The zero-order chi connectivity index (χ0) is 45.2. The zero-order valence-corrected chi connectivity index (χ0v) is 34.6. The third-order valence-electron chi connectivity index (χ3n) is 11.3. The molecule has 10 atom stereocenters. The first-order valence-corrected chi connectivity index (χ1v) is 21.1. The lowest BCUT2D eigenvalue weighted by Gasteiger charge is -2.39. The molecule has 16 heteroatoms. The van der Waals surface area contributed by atoms with Gasteiger partial charge in [0, 0.05) is 0 Å². The van der Waals surface area contributed by atoms with Crippen molar-refractivity contribution in [1.82, 2.24) is 0 Å². The summed E-state index contributed by atoms with van der Waals surface area (Å²) < 4.78 is 23.2. The number of benzene rings is 4. The molecule has 0 saturated carbocycles. The molecule has 10 N–H and O–H groups in total. The van der Waals surface area contributed by atoms with E-state index in [-0.39, 0.29) is 12.8 Å². The van der Waals surface area contributed by atoms with Crippen LogP contribution in [0.25, 0.3) is 22.3 Å². The van der Waals surface area contributed by atoms with Gasteiger partial charge in [-0.25, -0.2) is 0 Å². The number of aliphatic carboxylic acids is 2. The summed E-state index contributed by atoms with van der Waals surface area (Å²) in [6.07, 6.45) is -9.36. The number of aliphatic hydroxyl groups excluding tert-OH is 8. The highest BCUT2D eigenvalue weighted by Crippen LogP contribution is 2.33. The molecule has 2 fully saturated rings. The number of carboxylic acid groups (broad SMARTS) is 2. The molecule has 2 saturated heterocycles. The molecule has 4 aromatic rings. The van der Waals surface area contributed by atoms with Gasteiger partial charge < -0.3 is 70.0 Å². The number of hydrogen-bond donors (Lipinski definition) is 10. The van der Waals surface area contributed by atoms with Crippen LogP contribution in [-0.2, 0) is 44.7 Å². The van der Waals surface area contributed by atoms with Crippen LogP contribution >= 0.6 is 0 Å². The largest absolute Gasteiger partial charge is 0.481 e.